The number of aliphatic imine (C=N–C) groups is 1. The van der Waals surface area contributed by atoms with E-state index in [1.165, 1.54) is 25.7 Å². The average molecular weight is 255 g/mol. The summed E-state index contributed by atoms with van der Waals surface area (Å²) in [6, 6.07) is 0. The van der Waals surface area contributed by atoms with Crippen LogP contribution in [0.25, 0.3) is 0 Å². The molecule has 1 fully saturated rings. The van der Waals surface area contributed by atoms with Crippen LogP contribution in [0.2, 0.25) is 0 Å². The van der Waals surface area contributed by atoms with Crippen LogP contribution in [-0.2, 0) is 4.74 Å². The first-order chi connectivity index (χ1) is 8.38. The monoisotopic (exact) mass is 255 g/mol. The fourth-order valence-electron chi connectivity index (χ4n) is 2.32. The van der Waals surface area contributed by atoms with Crippen molar-refractivity contribution in [3.8, 4) is 0 Å². The van der Waals surface area contributed by atoms with Crippen molar-refractivity contribution in [2.24, 2.45) is 16.6 Å². The van der Waals surface area contributed by atoms with Gasteiger partial charge in [0, 0.05) is 5.54 Å². The number of hydrogen-bond acceptors (Lipinski definition) is 2. The topological polar surface area (TPSA) is 59.6 Å². The summed E-state index contributed by atoms with van der Waals surface area (Å²) < 4.78 is 5.89. The molecule has 0 bridgehead atoms. The summed E-state index contributed by atoms with van der Waals surface area (Å²) in [7, 11) is 0. The van der Waals surface area contributed by atoms with Crippen LogP contribution in [0.4, 0.5) is 0 Å². The maximum Gasteiger partial charge on any atom is 0.189 e. The molecule has 0 radical (unpaired) electrons. The minimum Gasteiger partial charge on any atom is -0.376 e. The average Bonchev–Trinajstić information content (AvgIpc) is 2.24. The second-order valence-corrected chi connectivity index (χ2v) is 6.31. The lowest BCUT2D eigenvalue weighted by Gasteiger charge is -2.28. The van der Waals surface area contributed by atoms with Gasteiger partial charge in [-0.25, -0.2) is 0 Å². The van der Waals surface area contributed by atoms with Gasteiger partial charge in [-0.15, -0.1) is 0 Å². The van der Waals surface area contributed by atoms with Crippen molar-refractivity contribution in [2.45, 2.75) is 65.0 Å². The summed E-state index contributed by atoms with van der Waals surface area (Å²) in [6.45, 7) is 9.78. The van der Waals surface area contributed by atoms with Gasteiger partial charge in [0.25, 0.3) is 0 Å². The van der Waals surface area contributed by atoms with Crippen molar-refractivity contribution in [3.63, 3.8) is 0 Å². The fraction of sp³-hybridized carbons (Fsp3) is 0.929. The lowest BCUT2D eigenvalue weighted by atomic mass is 9.88. The van der Waals surface area contributed by atoms with Crippen molar-refractivity contribution >= 4 is 5.96 Å². The van der Waals surface area contributed by atoms with Gasteiger partial charge in [-0.3, -0.25) is 4.99 Å². The number of ether oxygens (including phenoxy) is 1. The summed E-state index contributed by atoms with van der Waals surface area (Å²) >= 11 is 0. The van der Waals surface area contributed by atoms with Gasteiger partial charge in [0.1, 0.15) is 0 Å². The van der Waals surface area contributed by atoms with Crippen LogP contribution in [0, 0.1) is 5.92 Å². The van der Waals surface area contributed by atoms with Crippen LogP contribution >= 0.6 is 0 Å². The Morgan fingerprint density at radius 1 is 1.33 bits per heavy atom. The SMILES string of the molecule is CC1CCCCC1OCCN=C(N)NC(C)(C)C. The number of nitrogens with two attached hydrogens (primary N) is 1. The molecule has 4 nitrogen and oxygen atoms in total. The Morgan fingerprint density at radius 3 is 2.61 bits per heavy atom. The van der Waals surface area contributed by atoms with Gasteiger partial charge >= 0.3 is 0 Å². The number of hydrogen-bond donors (Lipinski definition) is 2. The van der Waals surface area contributed by atoms with Crippen molar-refractivity contribution in [1.29, 1.82) is 0 Å². The molecule has 0 aromatic rings. The lowest BCUT2D eigenvalue weighted by Crippen LogP contribution is -2.45. The molecule has 1 rings (SSSR count). The third-order valence-corrected chi connectivity index (χ3v) is 3.24. The summed E-state index contributed by atoms with van der Waals surface area (Å²) in [5.41, 5.74) is 5.75. The minimum atomic E-state index is -0.0354. The predicted octanol–water partition coefficient (Wildman–Crippen LogP) is 2.28. The Morgan fingerprint density at radius 2 is 2.00 bits per heavy atom. The zero-order chi connectivity index (χ0) is 13.6. The van der Waals surface area contributed by atoms with E-state index < -0.39 is 0 Å². The largest absolute Gasteiger partial charge is 0.376 e. The van der Waals surface area contributed by atoms with E-state index in [4.69, 9.17) is 10.5 Å². The molecule has 0 heterocycles. The standard InChI is InChI=1S/C14H29N3O/c1-11-7-5-6-8-12(11)18-10-9-16-13(15)17-14(2,3)4/h11-12H,5-10H2,1-4H3,(H3,15,16,17). The van der Waals surface area contributed by atoms with Crippen LogP contribution < -0.4 is 11.1 Å². The molecule has 2 atom stereocenters. The first-order valence-corrected chi connectivity index (χ1v) is 7.08. The molecule has 0 aromatic heterocycles. The summed E-state index contributed by atoms with van der Waals surface area (Å²) in [5, 5.41) is 3.14. The lowest BCUT2D eigenvalue weighted by molar-refractivity contribution is -0.000663. The summed E-state index contributed by atoms with van der Waals surface area (Å²) in [6.07, 6.45) is 5.56. The van der Waals surface area contributed by atoms with Crippen LogP contribution in [0.5, 0.6) is 0 Å². The van der Waals surface area contributed by atoms with Gasteiger partial charge in [0.2, 0.25) is 0 Å². The highest BCUT2D eigenvalue weighted by Gasteiger charge is 2.21. The highest BCUT2D eigenvalue weighted by atomic mass is 16.5. The Balaban J connectivity index is 2.19. The number of nitrogens with zero attached hydrogens (tertiary/aromatic N) is 1. The molecule has 3 N–H and O–H groups in total. The predicted molar refractivity (Wildman–Crippen MR) is 76.8 cm³/mol. The van der Waals surface area contributed by atoms with Gasteiger partial charge in [-0.05, 0) is 39.5 Å². The quantitative estimate of drug-likeness (QED) is 0.460. The Hall–Kier alpha value is -0.770. The van der Waals surface area contributed by atoms with Gasteiger partial charge in [-0.1, -0.05) is 19.8 Å². The summed E-state index contributed by atoms with van der Waals surface area (Å²) in [4.78, 5) is 4.28. The fourth-order valence-corrected chi connectivity index (χ4v) is 2.32. The smallest absolute Gasteiger partial charge is 0.189 e. The maximum absolute atomic E-state index is 5.89. The highest BCUT2D eigenvalue weighted by molar-refractivity contribution is 5.78. The first-order valence-electron chi connectivity index (χ1n) is 7.08. The maximum atomic E-state index is 5.89. The molecule has 0 spiro atoms. The Kier molecular flexibility index (Phi) is 5.93. The van der Waals surface area contributed by atoms with Gasteiger partial charge in [0.05, 0.1) is 19.3 Å². The van der Waals surface area contributed by atoms with E-state index in [0.29, 0.717) is 31.1 Å². The number of rotatable bonds is 4. The number of guanidine groups is 1. The van der Waals surface area contributed by atoms with E-state index in [-0.39, 0.29) is 5.54 Å². The normalized spacial score (nSPS) is 26.1. The van der Waals surface area contributed by atoms with Crippen molar-refractivity contribution < 1.29 is 4.74 Å². The van der Waals surface area contributed by atoms with E-state index in [0.717, 1.165) is 0 Å². The Labute approximate surface area is 111 Å². The second-order valence-electron chi connectivity index (χ2n) is 6.31. The van der Waals surface area contributed by atoms with Crippen molar-refractivity contribution in [2.75, 3.05) is 13.2 Å². The van der Waals surface area contributed by atoms with Gasteiger partial charge in [-0.2, -0.15) is 0 Å². The van der Waals surface area contributed by atoms with Crippen LogP contribution in [0.3, 0.4) is 0 Å². The van der Waals surface area contributed by atoms with Crippen molar-refractivity contribution in [3.05, 3.63) is 0 Å². The van der Waals surface area contributed by atoms with E-state index >= 15 is 0 Å². The van der Waals surface area contributed by atoms with Crippen LogP contribution in [0.1, 0.15) is 53.4 Å². The molecule has 1 aliphatic rings. The summed E-state index contributed by atoms with van der Waals surface area (Å²) in [5.74, 6) is 1.19. The molecular weight excluding hydrogens is 226 g/mol. The van der Waals surface area contributed by atoms with Crippen molar-refractivity contribution in [1.82, 2.24) is 5.32 Å². The third-order valence-electron chi connectivity index (χ3n) is 3.24. The second kappa shape index (κ2) is 6.98. The number of nitrogens with one attached hydrogen (secondary N) is 1. The molecular formula is C14H29N3O. The van der Waals surface area contributed by atoms with E-state index in [1.807, 2.05) is 0 Å². The third kappa shape index (κ3) is 6.24. The van der Waals surface area contributed by atoms with E-state index in [2.05, 4.69) is 38.0 Å². The molecule has 0 saturated heterocycles. The molecule has 0 aliphatic heterocycles. The molecule has 2 unspecified atom stereocenters. The molecule has 18 heavy (non-hydrogen) atoms. The van der Waals surface area contributed by atoms with E-state index in [1.54, 1.807) is 0 Å². The van der Waals surface area contributed by atoms with E-state index in [9.17, 15) is 0 Å². The van der Waals surface area contributed by atoms with Crippen LogP contribution in [-0.4, -0.2) is 30.8 Å². The molecule has 1 aliphatic carbocycles. The molecule has 4 heteroatoms. The van der Waals surface area contributed by atoms with Crippen LogP contribution in [0.15, 0.2) is 4.99 Å². The molecule has 0 aromatic carbocycles. The molecule has 106 valence electrons. The zero-order valence-corrected chi connectivity index (χ0v) is 12.3. The Bertz CT molecular complexity index is 271. The minimum absolute atomic E-state index is 0.0354. The van der Waals surface area contributed by atoms with Gasteiger partial charge < -0.3 is 15.8 Å². The zero-order valence-electron chi connectivity index (χ0n) is 12.3. The first kappa shape index (κ1) is 15.3. The molecule has 0 amide bonds. The van der Waals surface area contributed by atoms with Gasteiger partial charge in [0.15, 0.2) is 5.96 Å². The highest BCUT2D eigenvalue weighted by Crippen LogP contribution is 2.25. The molecule has 1 saturated carbocycles.